The van der Waals surface area contributed by atoms with Crippen molar-refractivity contribution in [3.8, 4) is 6.07 Å². The maximum Gasteiger partial charge on any atom is 0.490 e. The second kappa shape index (κ2) is 9.07. The molecule has 5 rings (SSSR count). The number of aliphatic carboxylic acids is 1. The first-order valence-electron chi connectivity index (χ1n) is 10.4. The quantitative estimate of drug-likeness (QED) is 0.606. The van der Waals surface area contributed by atoms with Gasteiger partial charge in [0.25, 0.3) is 0 Å². The topological polar surface area (TPSA) is 107 Å². The molecule has 2 aliphatic heterocycles. The molecule has 0 spiro atoms. The molecule has 0 saturated carbocycles. The van der Waals surface area contributed by atoms with Gasteiger partial charge >= 0.3 is 12.1 Å². The van der Waals surface area contributed by atoms with Crippen LogP contribution in [0.4, 0.5) is 19.0 Å². The number of nitrogens with zero attached hydrogens (tertiary/aromatic N) is 5. The van der Waals surface area contributed by atoms with Crippen molar-refractivity contribution in [2.45, 2.75) is 38.1 Å². The number of aromatic nitrogens is 3. The van der Waals surface area contributed by atoms with Crippen molar-refractivity contribution < 1.29 is 23.1 Å². The largest absolute Gasteiger partial charge is 0.490 e. The Morgan fingerprint density at radius 3 is 2.58 bits per heavy atom. The van der Waals surface area contributed by atoms with Gasteiger partial charge in [0.05, 0.1) is 35.1 Å². The number of nitrogens with one attached hydrogen (secondary N) is 1. The average Bonchev–Trinajstić information content (AvgIpc) is 3.42. The van der Waals surface area contributed by atoms with Crippen LogP contribution in [0.25, 0.3) is 10.9 Å². The van der Waals surface area contributed by atoms with Crippen LogP contribution in [0.1, 0.15) is 35.7 Å². The van der Waals surface area contributed by atoms with E-state index in [1.165, 1.54) is 11.3 Å². The molecule has 4 heterocycles. The lowest BCUT2D eigenvalue weighted by Crippen LogP contribution is -2.35. The zero-order chi connectivity index (χ0) is 23.6. The smallest absolute Gasteiger partial charge is 0.475 e. The number of hydrogen-bond acceptors (Lipinski definition) is 6. The first-order chi connectivity index (χ1) is 15.8. The summed E-state index contributed by atoms with van der Waals surface area (Å²) in [5.74, 6) is -1.74. The van der Waals surface area contributed by atoms with Gasteiger partial charge in [0.1, 0.15) is 5.82 Å². The van der Waals surface area contributed by atoms with Crippen molar-refractivity contribution in [2.24, 2.45) is 0 Å². The van der Waals surface area contributed by atoms with E-state index in [1.54, 1.807) is 0 Å². The Labute approximate surface area is 187 Å². The predicted octanol–water partition coefficient (Wildman–Crippen LogP) is 3.38. The summed E-state index contributed by atoms with van der Waals surface area (Å²) in [5.41, 5.74) is 4.33. The monoisotopic (exact) mass is 458 g/mol. The molecular formula is C22H21F3N6O2. The highest BCUT2D eigenvalue weighted by Crippen LogP contribution is 2.29. The van der Waals surface area contributed by atoms with Crippen LogP contribution in [0.5, 0.6) is 0 Å². The molecule has 8 nitrogen and oxygen atoms in total. The standard InChI is InChI=1S/C20H20N6.C2HF3O2/c21-10-14-1-3-18-15(9-14)2-4-20(24-18)25-7-5-17(6-8-25)26-19-13-22-11-16(19)12-23-26;3-2(4,5)1(6)7/h1-4,9,12,17,22H,5-8,11,13H2;(H,6,7). The Balaban J connectivity index is 0.000000325. The van der Waals surface area contributed by atoms with E-state index in [9.17, 15) is 13.2 Å². The molecule has 2 aromatic heterocycles. The molecule has 0 unspecified atom stereocenters. The third-order valence-corrected chi connectivity index (χ3v) is 5.77. The van der Waals surface area contributed by atoms with Gasteiger partial charge in [0.2, 0.25) is 0 Å². The summed E-state index contributed by atoms with van der Waals surface area (Å²) in [7, 11) is 0. The SMILES string of the molecule is N#Cc1ccc2nc(N3CCC(n4ncc5c4CNC5)CC3)ccc2c1.O=C(O)C(F)(F)F. The number of carboxylic acids is 1. The molecule has 0 bridgehead atoms. The Bertz CT molecular complexity index is 1210. The third-order valence-electron chi connectivity index (χ3n) is 5.77. The molecule has 1 saturated heterocycles. The van der Waals surface area contributed by atoms with Crippen LogP contribution >= 0.6 is 0 Å². The summed E-state index contributed by atoms with van der Waals surface area (Å²) >= 11 is 0. The van der Waals surface area contributed by atoms with Gasteiger partial charge in [-0.15, -0.1) is 0 Å². The minimum absolute atomic E-state index is 0.480. The Morgan fingerprint density at radius 2 is 1.91 bits per heavy atom. The highest BCUT2D eigenvalue weighted by atomic mass is 19.4. The highest BCUT2D eigenvalue weighted by molar-refractivity contribution is 5.81. The fourth-order valence-corrected chi connectivity index (χ4v) is 4.10. The zero-order valence-electron chi connectivity index (χ0n) is 17.5. The minimum Gasteiger partial charge on any atom is -0.475 e. The van der Waals surface area contributed by atoms with Crippen LogP contribution in [-0.4, -0.2) is 45.1 Å². The summed E-state index contributed by atoms with van der Waals surface area (Å²) in [4.78, 5) is 16.1. The first-order valence-corrected chi connectivity index (χ1v) is 10.4. The molecule has 0 radical (unpaired) electrons. The third kappa shape index (κ3) is 4.90. The van der Waals surface area contributed by atoms with Gasteiger partial charge in [-0.2, -0.15) is 23.5 Å². The van der Waals surface area contributed by atoms with E-state index in [0.717, 1.165) is 55.7 Å². The van der Waals surface area contributed by atoms with Crippen molar-refractivity contribution in [3.63, 3.8) is 0 Å². The van der Waals surface area contributed by atoms with Crippen LogP contribution in [0.2, 0.25) is 0 Å². The number of nitriles is 1. The average molecular weight is 458 g/mol. The molecular weight excluding hydrogens is 437 g/mol. The number of fused-ring (bicyclic) bond motifs is 2. The van der Waals surface area contributed by atoms with Crippen molar-refractivity contribution in [1.29, 1.82) is 5.26 Å². The van der Waals surface area contributed by atoms with Crippen LogP contribution in [0.15, 0.2) is 36.5 Å². The Morgan fingerprint density at radius 1 is 1.18 bits per heavy atom. The molecule has 3 aromatic rings. The maximum absolute atomic E-state index is 10.6. The summed E-state index contributed by atoms with van der Waals surface area (Å²) in [6.45, 7) is 3.86. The summed E-state index contributed by atoms with van der Waals surface area (Å²) in [6, 6.07) is 12.5. The number of pyridine rings is 1. The maximum atomic E-state index is 10.6. The van der Waals surface area contributed by atoms with E-state index < -0.39 is 12.1 Å². The second-order valence-electron chi connectivity index (χ2n) is 7.87. The fourth-order valence-electron chi connectivity index (χ4n) is 4.10. The Kier molecular flexibility index (Phi) is 6.20. The number of halogens is 3. The molecule has 172 valence electrons. The van der Waals surface area contributed by atoms with Crippen molar-refractivity contribution in [1.82, 2.24) is 20.1 Å². The number of hydrogen-bond donors (Lipinski definition) is 2. The van der Waals surface area contributed by atoms with Gasteiger partial charge in [-0.1, -0.05) is 0 Å². The lowest BCUT2D eigenvalue weighted by molar-refractivity contribution is -0.192. The van der Waals surface area contributed by atoms with Crippen LogP contribution in [0, 0.1) is 11.3 Å². The Hall–Kier alpha value is -3.65. The van der Waals surface area contributed by atoms with Crippen LogP contribution < -0.4 is 10.2 Å². The molecule has 0 aliphatic carbocycles. The van der Waals surface area contributed by atoms with Crippen molar-refractivity contribution >= 4 is 22.7 Å². The lowest BCUT2D eigenvalue weighted by atomic mass is 10.0. The highest BCUT2D eigenvalue weighted by Gasteiger charge is 2.38. The predicted molar refractivity (Wildman–Crippen MR) is 113 cm³/mol. The van der Waals surface area contributed by atoms with Crippen LogP contribution in [-0.2, 0) is 17.9 Å². The number of benzene rings is 1. The van der Waals surface area contributed by atoms with Gasteiger partial charge in [0.15, 0.2) is 0 Å². The van der Waals surface area contributed by atoms with Crippen molar-refractivity contribution in [3.05, 3.63) is 53.3 Å². The summed E-state index contributed by atoms with van der Waals surface area (Å²) in [5, 5.41) is 25.2. The molecule has 33 heavy (non-hydrogen) atoms. The number of rotatable bonds is 2. The molecule has 0 atom stereocenters. The number of carboxylic acid groups (broad SMARTS) is 1. The van der Waals surface area contributed by atoms with E-state index in [2.05, 4.69) is 38.2 Å². The molecule has 1 fully saturated rings. The normalized spacial score (nSPS) is 16.1. The summed E-state index contributed by atoms with van der Waals surface area (Å²) in [6.07, 6.45) is -0.898. The molecule has 2 aliphatic rings. The lowest BCUT2D eigenvalue weighted by Gasteiger charge is -2.33. The van der Waals surface area contributed by atoms with E-state index in [-0.39, 0.29) is 0 Å². The molecule has 2 N–H and O–H groups in total. The molecule has 1 aromatic carbocycles. The number of piperidine rings is 1. The fraction of sp³-hybridized carbons (Fsp3) is 0.364. The van der Waals surface area contributed by atoms with Gasteiger partial charge in [-0.3, -0.25) is 4.68 Å². The molecule has 11 heteroatoms. The van der Waals surface area contributed by atoms with E-state index >= 15 is 0 Å². The van der Waals surface area contributed by atoms with E-state index in [0.29, 0.717) is 11.6 Å². The second-order valence-corrected chi connectivity index (χ2v) is 7.87. The van der Waals surface area contributed by atoms with Gasteiger partial charge in [0, 0.05) is 37.1 Å². The number of carbonyl (C=O) groups is 1. The van der Waals surface area contributed by atoms with Gasteiger partial charge in [-0.05, 0) is 43.2 Å². The van der Waals surface area contributed by atoms with Crippen molar-refractivity contribution in [2.75, 3.05) is 18.0 Å². The van der Waals surface area contributed by atoms with E-state index in [4.69, 9.17) is 20.1 Å². The molecule has 0 amide bonds. The van der Waals surface area contributed by atoms with Gasteiger partial charge < -0.3 is 15.3 Å². The summed E-state index contributed by atoms with van der Waals surface area (Å²) < 4.78 is 34.0. The first kappa shape index (κ1) is 22.5. The van der Waals surface area contributed by atoms with E-state index in [1.807, 2.05) is 24.4 Å². The number of anilines is 1. The van der Waals surface area contributed by atoms with Crippen LogP contribution in [0.3, 0.4) is 0 Å². The number of alkyl halides is 3. The van der Waals surface area contributed by atoms with Gasteiger partial charge in [-0.25, -0.2) is 9.78 Å². The zero-order valence-corrected chi connectivity index (χ0v) is 17.5. The minimum atomic E-state index is -5.08.